The molecular weight excluding hydrogens is 588 g/mol. The fourth-order valence-electron chi connectivity index (χ4n) is 6.64. The van der Waals surface area contributed by atoms with E-state index in [0.29, 0.717) is 12.2 Å². The van der Waals surface area contributed by atoms with Gasteiger partial charge in [0.25, 0.3) is 0 Å². The molecule has 0 radical (unpaired) electrons. The number of hydrogen-bond donors (Lipinski definition) is 3. The van der Waals surface area contributed by atoms with Crippen molar-refractivity contribution in [2.24, 2.45) is 0 Å². The van der Waals surface area contributed by atoms with Gasteiger partial charge in [0.05, 0.1) is 12.6 Å². The van der Waals surface area contributed by atoms with Gasteiger partial charge in [0.15, 0.2) is 0 Å². The Morgan fingerprint density at radius 2 is 1.51 bits per heavy atom. The molecular formula is C39H42N4O4. The fraction of sp³-hybridized carbons (Fsp3) is 0.308. The molecule has 0 bridgehead atoms. The summed E-state index contributed by atoms with van der Waals surface area (Å²) in [6, 6.07) is 29.9. The lowest BCUT2D eigenvalue weighted by Crippen LogP contribution is -2.59. The Morgan fingerprint density at radius 3 is 2.23 bits per heavy atom. The number of aryl methyl sites for hydroxylation is 2. The highest BCUT2D eigenvalue weighted by Crippen LogP contribution is 2.31. The van der Waals surface area contributed by atoms with Crippen LogP contribution in [0.4, 0.5) is 0 Å². The van der Waals surface area contributed by atoms with Crippen LogP contribution in [-0.4, -0.2) is 48.3 Å². The summed E-state index contributed by atoms with van der Waals surface area (Å²) in [6.45, 7) is 2.38. The molecule has 0 spiro atoms. The molecule has 0 aromatic heterocycles. The molecule has 3 atom stereocenters. The molecule has 2 aliphatic rings. The number of nitrogens with one attached hydrogen (secondary N) is 3. The number of carbonyl (C=O) groups is 3. The summed E-state index contributed by atoms with van der Waals surface area (Å²) in [6.07, 6.45) is 3.52. The standard InChI is InChI=1S/C39H42N4O4/c1-26-14-18-31(19-15-26)47-32-20-16-27(17-21-32)22-35(41-37(44)24-40-2)39(46)43-25-30-10-4-3-9-29(30)23-36(43)38(45)42-34-13-7-11-28-8-5-6-12-33(28)34/h3-6,8-10,12,14-21,34-36,40H,7,11,13,22-25H2,1-2H3,(H,41,44)(H,42,45)/t34-,35?,36?/m1/s1. The Labute approximate surface area is 276 Å². The largest absolute Gasteiger partial charge is 0.457 e. The van der Waals surface area contributed by atoms with Gasteiger partial charge in [0.1, 0.15) is 23.6 Å². The molecule has 2 unspecified atom stereocenters. The number of hydrogen-bond acceptors (Lipinski definition) is 5. The van der Waals surface area contributed by atoms with E-state index in [0.717, 1.165) is 52.8 Å². The van der Waals surface area contributed by atoms with Gasteiger partial charge in [-0.25, -0.2) is 0 Å². The highest BCUT2D eigenvalue weighted by atomic mass is 16.5. The minimum atomic E-state index is -0.865. The molecule has 3 N–H and O–H groups in total. The summed E-state index contributed by atoms with van der Waals surface area (Å²) in [5, 5.41) is 9.11. The number of benzene rings is 4. The molecule has 47 heavy (non-hydrogen) atoms. The number of fused-ring (bicyclic) bond motifs is 2. The lowest BCUT2D eigenvalue weighted by atomic mass is 9.87. The van der Waals surface area contributed by atoms with Gasteiger partial charge < -0.3 is 25.6 Å². The molecule has 0 saturated carbocycles. The summed E-state index contributed by atoms with van der Waals surface area (Å²) in [5.74, 6) is 0.665. The van der Waals surface area contributed by atoms with Crippen LogP contribution in [0.25, 0.3) is 0 Å². The Morgan fingerprint density at radius 1 is 0.851 bits per heavy atom. The lowest BCUT2D eigenvalue weighted by molar-refractivity contribution is -0.144. The van der Waals surface area contributed by atoms with Crippen molar-refractivity contribution in [1.82, 2.24) is 20.9 Å². The quantitative estimate of drug-likeness (QED) is 0.224. The second-order valence-corrected chi connectivity index (χ2v) is 12.5. The van der Waals surface area contributed by atoms with Crippen LogP contribution in [0.15, 0.2) is 97.1 Å². The SMILES string of the molecule is CNCC(=O)NC(Cc1ccc(Oc2ccc(C)cc2)cc1)C(=O)N1Cc2ccccc2CC1C(=O)N[C@@H]1CCCc2ccccc21. The van der Waals surface area contributed by atoms with Gasteiger partial charge in [-0.1, -0.05) is 78.4 Å². The van der Waals surface area contributed by atoms with E-state index in [4.69, 9.17) is 4.74 Å². The van der Waals surface area contributed by atoms with E-state index in [2.05, 4.69) is 28.1 Å². The van der Waals surface area contributed by atoms with Crippen molar-refractivity contribution in [3.05, 3.63) is 130 Å². The first-order valence-electron chi connectivity index (χ1n) is 16.4. The highest BCUT2D eigenvalue weighted by Gasteiger charge is 2.39. The lowest BCUT2D eigenvalue weighted by Gasteiger charge is -2.39. The van der Waals surface area contributed by atoms with Crippen molar-refractivity contribution >= 4 is 17.7 Å². The number of carbonyl (C=O) groups excluding carboxylic acids is 3. The topological polar surface area (TPSA) is 99.8 Å². The monoisotopic (exact) mass is 630 g/mol. The highest BCUT2D eigenvalue weighted by molar-refractivity contribution is 5.93. The zero-order chi connectivity index (χ0) is 32.8. The number of ether oxygens (including phenoxy) is 1. The first-order chi connectivity index (χ1) is 22.9. The Balaban J connectivity index is 1.24. The van der Waals surface area contributed by atoms with Crippen LogP contribution in [0.1, 0.15) is 52.3 Å². The van der Waals surface area contributed by atoms with Crippen LogP contribution in [0.2, 0.25) is 0 Å². The van der Waals surface area contributed by atoms with Gasteiger partial charge in [-0.05, 0) is 85.3 Å². The molecule has 242 valence electrons. The molecule has 0 fully saturated rings. The number of nitrogens with zero attached hydrogens (tertiary/aromatic N) is 1. The van der Waals surface area contributed by atoms with Gasteiger partial charge in [-0.2, -0.15) is 0 Å². The predicted octanol–water partition coefficient (Wildman–Crippen LogP) is 5.18. The zero-order valence-electron chi connectivity index (χ0n) is 27.0. The van der Waals surface area contributed by atoms with Crippen molar-refractivity contribution < 1.29 is 19.1 Å². The first-order valence-corrected chi connectivity index (χ1v) is 16.4. The summed E-state index contributed by atoms with van der Waals surface area (Å²) >= 11 is 0. The molecule has 6 rings (SSSR count). The molecule has 1 aliphatic carbocycles. The third-order valence-electron chi connectivity index (χ3n) is 9.11. The third kappa shape index (κ3) is 7.72. The second kappa shape index (κ2) is 14.6. The summed E-state index contributed by atoms with van der Waals surface area (Å²) < 4.78 is 5.99. The number of likely N-dealkylation sites (N-methyl/N-ethyl adjacent to an activating group) is 1. The van der Waals surface area contributed by atoms with Crippen molar-refractivity contribution in [2.45, 2.75) is 63.7 Å². The molecule has 3 amide bonds. The van der Waals surface area contributed by atoms with Crippen LogP contribution in [0.3, 0.4) is 0 Å². The fourth-order valence-corrected chi connectivity index (χ4v) is 6.64. The maximum atomic E-state index is 14.5. The van der Waals surface area contributed by atoms with E-state index in [-0.39, 0.29) is 43.3 Å². The normalized spacial score (nSPS) is 17.5. The molecule has 4 aromatic rings. The van der Waals surface area contributed by atoms with Gasteiger partial charge in [0.2, 0.25) is 17.7 Å². The van der Waals surface area contributed by atoms with E-state index in [9.17, 15) is 14.4 Å². The van der Waals surface area contributed by atoms with Gasteiger partial charge in [-0.15, -0.1) is 0 Å². The summed E-state index contributed by atoms with van der Waals surface area (Å²) in [5.41, 5.74) is 6.48. The van der Waals surface area contributed by atoms with Gasteiger partial charge in [0, 0.05) is 19.4 Å². The summed E-state index contributed by atoms with van der Waals surface area (Å²) in [7, 11) is 1.69. The maximum Gasteiger partial charge on any atom is 0.246 e. The van der Waals surface area contributed by atoms with Gasteiger partial charge >= 0.3 is 0 Å². The minimum Gasteiger partial charge on any atom is -0.457 e. The van der Waals surface area contributed by atoms with E-state index in [1.165, 1.54) is 5.56 Å². The van der Waals surface area contributed by atoms with Crippen molar-refractivity contribution in [1.29, 1.82) is 0 Å². The van der Waals surface area contributed by atoms with Crippen molar-refractivity contribution in [2.75, 3.05) is 13.6 Å². The van der Waals surface area contributed by atoms with Crippen LogP contribution in [0.5, 0.6) is 11.5 Å². The summed E-state index contributed by atoms with van der Waals surface area (Å²) in [4.78, 5) is 43.1. The molecule has 8 heteroatoms. The Kier molecular flexibility index (Phi) is 9.97. The number of rotatable bonds is 10. The van der Waals surface area contributed by atoms with E-state index in [1.54, 1.807) is 11.9 Å². The van der Waals surface area contributed by atoms with Crippen LogP contribution in [-0.2, 0) is 40.2 Å². The van der Waals surface area contributed by atoms with Crippen molar-refractivity contribution in [3.8, 4) is 11.5 Å². The molecule has 0 saturated heterocycles. The third-order valence-corrected chi connectivity index (χ3v) is 9.11. The average Bonchev–Trinajstić information content (AvgIpc) is 3.09. The zero-order valence-corrected chi connectivity index (χ0v) is 27.0. The number of amides is 3. The van der Waals surface area contributed by atoms with E-state index >= 15 is 0 Å². The Hall–Kier alpha value is -4.95. The maximum absolute atomic E-state index is 14.5. The molecule has 8 nitrogen and oxygen atoms in total. The average molecular weight is 631 g/mol. The van der Waals surface area contributed by atoms with E-state index in [1.807, 2.05) is 91.9 Å². The second-order valence-electron chi connectivity index (χ2n) is 12.5. The first kappa shape index (κ1) is 32.0. The smallest absolute Gasteiger partial charge is 0.246 e. The van der Waals surface area contributed by atoms with Crippen molar-refractivity contribution in [3.63, 3.8) is 0 Å². The molecule has 1 aliphatic heterocycles. The minimum absolute atomic E-state index is 0.0704. The Bertz CT molecular complexity index is 1720. The van der Waals surface area contributed by atoms with Crippen LogP contribution < -0.4 is 20.7 Å². The van der Waals surface area contributed by atoms with E-state index < -0.39 is 12.1 Å². The van der Waals surface area contributed by atoms with Crippen LogP contribution in [0, 0.1) is 6.92 Å². The molecule has 4 aromatic carbocycles. The van der Waals surface area contributed by atoms with Gasteiger partial charge in [-0.3, -0.25) is 14.4 Å². The predicted molar refractivity (Wildman–Crippen MR) is 182 cm³/mol. The van der Waals surface area contributed by atoms with Crippen LogP contribution >= 0.6 is 0 Å². The molecule has 1 heterocycles.